The van der Waals surface area contributed by atoms with Crippen LogP contribution in [0.1, 0.15) is 27.1 Å². The molecule has 0 fully saturated rings. The van der Waals surface area contributed by atoms with E-state index in [1.807, 2.05) is 0 Å². The molecular formula is C19H20O7. The van der Waals surface area contributed by atoms with Crippen LogP contribution in [-0.2, 0) is 0 Å². The summed E-state index contributed by atoms with van der Waals surface area (Å²) in [6.45, 7) is 0. The molecule has 0 saturated heterocycles. The monoisotopic (exact) mass is 360 g/mol. The van der Waals surface area contributed by atoms with E-state index in [0.29, 0.717) is 5.56 Å². The molecule has 0 aliphatic carbocycles. The molecule has 2 rings (SSSR count). The van der Waals surface area contributed by atoms with Gasteiger partial charge in [0.25, 0.3) is 0 Å². The highest BCUT2D eigenvalue weighted by molar-refractivity contribution is 6.16. The van der Waals surface area contributed by atoms with Gasteiger partial charge in [0.05, 0.1) is 34.9 Å². The number of carbonyl (C=O) groups excluding carboxylic acids is 2. The highest BCUT2D eigenvalue weighted by Gasteiger charge is 2.31. The van der Waals surface area contributed by atoms with Crippen molar-refractivity contribution in [2.24, 2.45) is 0 Å². The number of Topliss-reactive ketones (excluding diaryl/α,β-unsaturated/α-hetero) is 2. The van der Waals surface area contributed by atoms with Crippen LogP contribution in [0.4, 0.5) is 0 Å². The summed E-state index contributed by atoms with van der Waals surface area (Å²) < 4.78 is 20.8. The van der Waals surface area contributed by atoms with E-state index in [1.54, 1.807) is 30.3 Å². The second kappa shape index (κ2) is 8.24. The van der Waals surface area contributed by atoms with Crippen LogP contribution in [0.15, 0.2) is 30.3 Å². The lowest BCUT2D eigenvalue weighted by Crippen LogP contribution is -2.12. The first-order chi connectivity index (χ1) is 12.5. The van der Waals surface area contributed by atoms with Gasteiger partial charge < -0.3 is 24.1 Å². The average Bonchev–Trinajstić information content (AvgIpc) is 2.66. The molecule has 0 aliphatic rings. The summed E-state index contributed by atoms with van der Waals surface area (Å²) in [5, 5.41) is 10.5. The van der Waals surface area contributed by atoms with Crippen LogP contribution in [-0.4, -0.2) is 45.1 Å². The molecule has 0 atom stereocenters. The lowest BCUT2D eigenvalue weighted by atomic mass is 9.99. The van der Waals surface area contributed by atoms with Gasteiger partial charge in [0, 0.05) is 5.56 Å². The molecule has 0 saturated carbocycles. The maximum Gasteiger partial charge on any atom is 0.211 e. The Morgan fingerprint density at radius 2 is 1.27 bits per heavy atom. The standard InChI is InChI=1S/C19H20O7/c1-23-16-14(13(21)10-12(20)11-8-6-5-7-9-11)15(22)17(24-2)19(26-4)18(16)25-3/h5-9,22H,10H2,1-4H3. The minimum Gasteiger partial charge on any atom is -0.504 e. The largest absolute Gasteiger partial charge is 0.504 e. The second-order valence-electron chi connectivity index (χ2n) is 5.25. The van der Waals surface area contributed by atoms with Crippen molar-refractivity contribution in [3.8, 4) is 28.7 Å². The number of ether oxygens (including phenoxy) is 4. The summed E-state index contributed by atoms with van der Waals surface area (Å²) in [5.41, 5.74) is 0.193. The molecule has 0 amide bonds. The zero-order valence-electron chi connectivity index (χ0n) is 15.0. The van der Waals surface area contributed by atoms with Crippen LogP contribution in [0.5, 0.6) is 28.7 Å². The lowest BCUT2D eigenvalue weighted by molar-refractivity contribution is 0.0890. The Morgan fingerprint density at radius 3 is 1.77 bits per heavy atom. The summed E-state index contributed by atoms with van der Waals surface area (Å²) >= 11 is 0. The summed E-state index contributed by atoms with van der Waals surface area (Å²) in [6.07, 6.45) is -0.452. The van der Waals surface area contributed by atoms with Gasteiger partial charge >= 0.3 is 0 Å². The number of hydrogen-bond donors (Lipinski definition) is 1. The first-order valence-electron chi connectivity index (χ1n) is 7.70. The predicted molar refractivity (Wildman–Crippen MR) is 94.0 cm³/mol. The summed E-state index contributed by atoms with van der Waals surface area (Å²) in [7, 11) is 5.35. The van der Waals surface area contributed by atoms with E-state index in [1.165, 1.54) is 28.4 Å². The summed E-state index contributed by atoms with van der Waals surface area (Å²) in [5.74, 6) is -1.45. The Hall–Kier alpha value is -3.22. The van der Waals surface area contributed by atoms with Crippen molar-refractivity contribution < 1.29 is 33.6 Å². The zero-order chi connectivity index (χ0) is 19.3. The fourth-order valence-electron chi connectivity index (χ4n) is 2.62. The topological polar surface area (TPSA) is 91.3 Å². The van der Waals surface area contributed by atoms with Crippen LogP contribution in [0.3, 0.4) is 0 Å². The maximum absolute atomic E-state index is 12.8. The fourth-order valence-corrected chi connectivity index (χ4v) is 2.62. The van der Waals surface area contributed by atoms with Gasteiger partial charge in [-0.05, 0) is 0 Å². The third-order valence-corrected chi connectivity index (χ3v) is 3.81. The van der Waals surface area contributed by atoms with Gasteiger partial charge in [-0.2, -0.15) is 0 Å². The Labute approximate surface area is 151 Å². The molecule has 0 unspecified atom stereocenters. The molecular weight excluding hydrogens is 340 g/mol. The second-order valence-corrected chi connectivity index (χ2v) is 5.25. The number of aromatic hydroxyl groups is 1. The van der Waals surface area contributed by atoms with Crippen molar-refractivity contribution >= 4 is 11.6 Å². The van der Waals surface area contributed by atoms with Gasteiger partial charge in [-0.1, -0.05) is 30.3 Å². The average molecular weight is 360 g/mol. The van der Waals surface area contributed by atoms with Crippen LogP contribution >= 0.6 is 0 Å². The quantitative estimate of drug-likeness (QED) is 0.572. The number of hydrogen-bond acceptors (Lipinski definition) is 7. The van der Waals surface area contributed by atoms with E-state index >= 15 is 0 Å². The van der Waals surface area contributed by atoms with Crippen molar-refractivity contribution in [3.05, 3.63) is 41.5 Å². The zero-order valence-corrected chi connectivity index (χ0v) is 15.0. The Morgan fingerprint density at radius 1 is 0.769 bits per heavy atom. The predicted octanol–water partition coefficient (Wildman–Crippen LogP) is 2.88. The SMILES string of the molecule is COc1c(O)c(C(=O)CC(=O)c2ccccc2)c(OC)c(OC)c1OC. The first kappa shape index (κ1) is 19.1. The first-order valence-corrected chi connectivity index (χ1v) is 7.70. The van der Waals surface area contributed by atoms with Crippen molar-refractivity contribution in [1.29, 1.82) is 0 Å². The minimum atomic E-state index is -0.632. The number of rotatable bonds is 8. The number of ketones is 2. The normalized spacial score (nSPS) is 10.2. The van der Waals surface area contributed by atoms with Gasteiger partial charge in [-0.3, -0.25) is 9.59 Å². The molecule has 0 heterocycles. The molecule has 7 nitrogen and oxygen atoms in total. The van der Waals surface area contributed by atoms with Gasteiger partial charge in [-0.25, -0.2) is 0 Å². The molecule has 138 valence electrons. The van der Waals surface area contributed by atoms with Gasteiger partial charge in [0.2, 0.25) is 17.2 Å². The number of methoxy groups -OCH3 is 4. The van der Waals surface area contributed by atoms with E-state index < -0.39 is 18.0 Å². The molecule has 26 heavy (non-hydrogen) atoms. The van der Waals surface area contributed by atoms with Crippen LogP contribution in [0.25, 0.3) is 0 Å². The molecule has 0 aromatic heterocycles. The lowest BCUT2D eigenvalue weighted by Gasteiger charge is -2.19. The molecule has 0 radical (unpaired) electrons. The number of carbonyl (C=O) groups is 2. The third-order valence-electron chi connectivity index (χ3n) is 3.81. The van der Waals surface area contributed by atoms with Crippen molar-refractivity contribution in [3.63, 3.8) is 0 Å². The smallest absolute Gasteiger partial charge is 0.211 e. The highest BCUT2D eigenvalue weighted by atomic mass is 16.5. The van der Waals surface area contributed by atoms with E-state index in [-0.39, 0.29) is 34.3 Å². The van der Waals surface area contributed by atoms with Gasteiger partial charge in [-0.15, -0.1) is 0 Å². The van der Waals surface area contributed by atoms with Gasteiger partial charge in [0.15, 0.2) is 23.1 Å². The van der Waals surface area contributed by atoms with Crippen LogP contribution < -0.4 is 18.9 Å². The molecule has 0 bridgehead atoms. The van der Waals surface area contributed by atoms with E-state index in [4.69, 9.17) is 18.9 Å². The molecule has 2 aromatic carbocycles. The number of phenols is 1. The number of phenolic OH excluding ortho intramolecular Hbond substituents is 1. The summed E-state index contributed by atoms with van der Waals surface area (Å²) in [4.78, 5) is 25.1. The van der Waals surface area contributed by atoms with Crippen LogP contribution in [0, 0.1) is 0 Å². The number of benzene rings is 2. The third kappa shape index (κ3) is 3.42. The highest BCUT2D eigenvalue weighted by Crippen LogP contribution is 2.53. The van der Waals surface area contributed by atoms with Gasteiger partial charge in [0.1, 0.15) is 5.56 Å². The van der Waals surface area contributed by atoms with E-state index in [2.05, 4.69) is 0 Å². The molecule has 0 spiro atoms. The molecule has 0 aliphatic heterocycles. The molecule has 7 heteroatoms. The van der Waals surface area contributed by atoms with Crippen molar-refractivity contribution in [2.75, 3.05) is 28.4 Å². The van der Waals surface area contributed by atoms with Crippen molar-refractivity contribution in [2.45, 2.75) is 6.42 Å². The van der Waals surface area contributed by atoms with Crippen molar-refractivity contribution in [1.82, 2.24) is 0 Å². The summed E-state index contributed by atoms with van der Waals surface area (Å²) in [6, 6.07) is 8.40. The fraction of sp³-hybridized carbons (Fsp3) is 0.263. The van der Waals surface area contributed by atoms with E-state index in [0.717, 1.165) is 0 Å². The Kier molecular flexibility index (Phi) is 6.06. The van der Waals surface area contributed by atoms with Crippen LogP contribution in [0.2, 0.25) is 0 Å². The molecule has 1 N–H and O–H groups in total. The van der Waals surface area contributed by atoms with E-state index in [9.17, 15) is 14.7 Å². The Bertz CT molecular complexity index is 813. The maximum atomic E-state index is 12.8. The minimum absolute atomic E-state index is 0.0338. The molecule has 2 aromatic rings. The Balaban J connectivity index is 2.54.